The lowest BCUT2D eigenvalue weighted by Crippen LogP contribution is -2.19. The third-order valence-corrected chi connectivity index (χ3v) is 2.47. The number of hydrogen-bond donors (Lipinski definition) is 0. The standard InChI is InChI=1S/C12H13N3/c1-10-4-3-6-12(2,7-5-10)11-14-8-13-9-15-11/h3-9H,1-2H3. The highest BCUT2D eigenvalue weighted by atomic mass is 15.0. The Morgan fingerprint density at radius 3 is 2.60 bits per heavy atom. The van der Waals surface area contributed by atoms with Gasteiger partial charge in [-0.15, -0.1) is 0 Å². The lowest BCUT2D eigenvalue weighted by atomic mass is 9.89. The maximum atomic E-state index is 4.19. The van der Waals surface area contributed by atoms with Crippen LogP contribution in [0.1, 0.15) is 19.7 Å². The molecule has 0 fully saturated rings. The van der Waals surface area contributed by atoms with E-state index in [4.69, 9.17) is 0 Å². The molecule has 76 valence electrons. The van der Waals surface area contributed by atoms with Crippen molar-refractivity contribution < 1.29 is 0 Å². The zero-order chi connectivity index (χ0) is 10.7. The predicted octanol–water partition coefficient (Wildman–Crippen LogP) is 2.20. The Kier molecular flexibility index (Phi) is 2.46. The van der Waals surface area contributed by atoms with Gasteiger partial charge in [-0.25, -0.2) is 15.0 Å². The molecule has 1 aromatic heterocycles. The van der Waals surface area contributed by atoms with Crippen LogP contribution in [0.25, 0.3) is 0 Å². The fourth-order valence-electron chi connectivity index (χ4n) is 1.48. The zero-order valence-corrected chi connectivity index (χ0v) is 8.88. The van der Waals surface area contributed by atoms with Crippen molar-refractivity contribution in [3.8, 4) is 0 Å². The van der Waals surface area contributed by atoms with E-state index in [0.29, 0.717) is 0 Å². The Morgan fingerprint density at radius 2 is 1.87 bits per heavy atom. The van der Waals surface area contributed by atoms with Gasteiger partial charge in [0.15, 0.2) is 0 Å². The monoisotopic (exact) mass is 199 g/mol. The van der Waals surface area contributed by atoms with Crippen LogP contribution >= 0.6 is 0 Å². The lowest BCUT2D eigenvalue weighted by molar-refractivity contribution is 0.677. The number of hydrogen-bond acceptors (Lipinski definition) is 3. The molecule has 1 aliphatic rings. The number of aromatic nitrogens is 3. The van der Waals surface area contributed by atoms with Crippen molar-refractivity contribution in [3.05, 3.63) is 54.4 Å². The molecule has 0 saturated carbocycles. The van der Waals surface area contributed by atoms with Gasteiger partial charge in [0.1, 0.15) is 18.5 Å². The first kappa shape index (κ1) is 9.77. The van der Waals surface area contributed by atoms with E-state index < -0.39 is 0 Å². The molecule has 1 aliphatic carbocycles. The molecule has 0 saturated heterocycles. The van der Waals surface area contributed by atoms with Gasteiger partial charge in [-0.1, -0.05) is 36.0 Å². The van der Waals surface area contributed by atoms with E-state index >= 15 is 0 Å². The van der Waals surface area contributed by atoms with Crippen LogP contribution in [0.2, 0.25) is 0 Å². The summed E-state index contributed by atoms with van der Waals surface area (Å²) in [6, 6.07) is 0. The van der Waals surface area contributed by atoms with E-state index in [1.165, 1.54) is 18.2 Å². The molecule has 0 radical (unpaired) electrons. The second kappa shape index (κ2) is 3.77. The first-order valence-corrected chi connectivity index (χ1v) is 4.88. The van der Waals surface area contributed by atoms with Gasteiger partial charge in [-0.2, -0.15) is 0 Å². The minimum atomic E-state index is -0.239. The van der Waals surface area contributed by atoms with Crippen molar-refractivity contribution >= 4 is 0 Å². The Balaban J connectivity index is 2.41. The van der Waals surface area contributed by atoms with Gasteiger partial charge in [-0.3, -0.25) is 0 Å². The van der Waals surface area contributed by atoms with Gasteiger partial charge < -0.3 is 0 Å². The molecule has 1 atom stereocenters. The Morgan fingerprint density at radius 1 is 1.13 bits per heavy atom. The number of rotatable bonds is 1. The molecule has 0 spiro atoms. The molecular formula is C12H13N3. The van der Waals surface area contributed by atoms with E-state index in [1.807, 2.05) is 6.08 Å². The van der Waals surface area contributed by atoms with Crippen LogP contribution in [-0.4, -0.2) is 15.0 Å². The first-order chi connectivity index (χ1) is 7.21. The van der Waals surface area contributed by atoms with Crippen LogP contribution in [-0.2, 0) is 5.41 Å². The third-order valence-electron chi connectivity index (χ3n) is 2.47. The van der Waals surface area contributed by atoms with Crippen molar-refractivity contribution in [2.24, 2.45) is 0 Å². The fourth-order valence-corrected chi connectivity index (χ4v) is 1.48. The van der Waals surface area contributed by atoms with Gasteiger partial charge in [0.2, 0.25) is 0 Å². The molecule has 2 rings (SSSR count). The summed E-state index contributed by atoms with van der Waals surface area (Å²) in [6.45, 7) is 4.15. The van der Waals surface area contributed by atoms with Crippen molar-refractivity contribution in [2.75, 3.05) is 0 Å². The van der Waals surface area contributed by atoms with Crippen molar-refractivity contribution in [1.29, 1.82) is 0 Å². The van der Waals surface area contributed by atoms with E-state index in [0.717, 1.165) is 5.82 Å². The smallest absolute Gasteiger partial charge is 0.145 e. The molecule has 0 bridgehead atoms. The molecule has 15 heavy (non-hydrogen) atoms. The third kappa shape index (κ3) is 2.01. The highest BCUT2D eigenvalue weighted by Crippen LogP contribution is 2.25. The minimum absolute atomic E-state index is 0.239. The van der Waals surface area contributed by atoms with Crippen LogP contribution in [0.15, 0.2) is 48.6 Å². The lowest BCUT2D eigenvalue weighted by Gasteiger charge is -2.18. The topological polar surface area (TPSA) is 38.7 Å². The number of allylic oxidation sites excluding steroid dienone is 6. The minimum Gasteiger partial charge on any atom is -0.225 e. The highest BCUT2D eigenvalue weighted by Gasteiger charge is 2.23. The second-order valence-electron chi connectivity index (χ2n) is 3.85. The van der Waals surface area contributed by atoms with Crippen molar-refractivity contribution in [1.82, 2.24) is 15.0 Å². The van der Waals surface area contributed by atoms with Crippen LogP contribution in [0, 0.1) is 0 Å². The van der Waals surface area contributed by atoms with E-state index in [1.54, 1.807) is 0 Å². The Bertz CT molecular complexity index is 431. The molecule has 0 N–H and O–H groups in total. The summed E-state index contributed by atoms with van der Waals surface area (Å²) >= 11 is 0. The van der Waals surface area contributed by atoms with Gasteiger partial charge >= 0.3 is 0 Å². The second-order valence-corrected chi connectivity index (χ2v) is 3.85. The van der Waals surface area contributed by atoms with Crippen LogP contribution in [0.4, 0.5) is 0 Å². The normalized spacial score (nSPS) is 24.8. The molecular weight excluding hydrogens is 186 g/mol. The first-order valence-electron chi connectivity index (χ1n) is 4.88. The van der Waals surface area contributed by atoms with Crippen LogP contribution in [0.5, 0.6) is 0 Å². The summed E-state index contributed by atoms with van der Waals surface area (Å²) in [4.78, 5) is 12.2. The van der Waals surface area contributed by atoms with Crippen molar-refractivity contribution in [2.45, 2.75) is 19.3 Å². The summed E-state index contributed by atoms with van der Waals surface area (Å²) < 4.78 is 0. The molecule has 1 unspecified atom stereocenters. The summed E-state index contributed by atoms with van der Waals surface area (Å²) in [5.74, 6) is 0.771. The Hall–Kier alpha value is -1.77. The highest BCUT2D eigenvalue weighted by molar-refractivity contribution is 5.36. The summed E-state index contributed by atoms with van der Waals surface area (Å²) in [7, 11) is 0. The summed E-state index contributed by atoms with van der Waals surface area (Å²) in [6.07, 6.45) is 13.5. The molecule has 1 heterocycles. The van der Waals surface area contributed by atoms with E-state index in [9.17, 15) is 0 Å². The average molecular weight is 199 g/mol. The average Bonchev–Trinajstić information content (AvgIpc) is 2.44. The quantitative estimate of drug-likeness (QED) is 0.696. The number of nitrogens with zero attached hydrogens (tertiary/aromatic N) is 3. The Labute approximate surface area is 89.3 Å². The van der Waals surface area contributed by atoms with Gasteiger partial charge in [-0.05, 0) is 13.8 Å². The molecule has 0 amide bonds. The van der Waals surface area contributed by atoms with E-state index in [-0.39, 0.29) is 5.41 Å². The largest absolute Gasteiger partial charge is 0.225 e. The van der Waals surface area contributed by atoms with Gasteiger partial charge in [0.05, 0.1) is 5.41 Å². The molecule has 1 aromatic rings. The van der Waals surface area contributed by atoms with Crippen molar-refractivity contribution in [3.63, 3.8) is 0 Å². The van der Waals surface area contributed by atoms with Gasteiger partial charge in [0.25, 0.3) is 0 Å². The maximum Gasteiger partial charge on any atom is 0.145 e. The molecule has 3 nitrogen and oxygen atoms in total. The van der Waals surface area contributed by atoms with E-state index in [2.05, 4.69) is 53.1 Å². The summed E-state index contributed by atoms with van der Waals surface area (Å²) in [5, 5.41) is 0. The fraction of sp³-hybridized carbons (Fsp3) is 0.250. The predicted molar refractivity (Wildman–Crippen MR) is 59.2 cm³/mol. The van der Waals surface area contributed by atoms with Crippen LogP contribution < -0.4 is 0 Å². The molecule has 0 aromatic carbocycles. The molecule has 0 aliphatic heterocycles. The maximum absolute atomic E-state index is 4.19. The summed E-state index contributed by atoms with van der Waals surface area (Å²) in [5.41, 5.74) is 0.987. The SMILES string of the molecule is CC1=CC=CC(C)(c2ncncn2)C=C1. The van der Waals surface area contributed by atoms with Gasteiger partial charge in [0, 0.05) is 0 Å². The zero-order valence-electron chi connectivity index (χ0n) is 8.88. The molecule has 3 heteroatoms. The van der Waals surface area contributed by atoms with Crippen LogP contribution in [0.3, 0.4) is 0 Å².